The van der Waals surface area contributed by atoms with Crippen molar-refractivity contribution in [2.24, 2.45) is 0 Å². The molecule has 1 rings (SSSR count). The molecule has 0 atom stereocenters. The van der Waals surface area contributed by atoms with Crippen LogP contribution in [0.25, 0.3) is 0 Å². The highest BCUT2D eigenvalue weighted by Crippen LogP contribution is 2.29. The topological polar surface area (TPSA) is 12.0 Å². The minimum atomic E-state index is 0.758. The summed E-state index contributed by atoms with van der Waals surface area (Å²) in [4.78, 5) is 0. The van der Waals surface area contributed by atoms with E-state index in [1.165, 1.54) is 0 Å². The number of halogens is 2. The molecule has 0 saturated heterocycles. The molecule has 0 bridgehead atoms. The Kier molecular flexibility index (Phi) is 3.44. The zero-order chi connectivity index (χ0) is 8.27. The van der Waals surface area contributed by atoms with E-state index in [0.29, 0.717) is 0 Å². The lowest BCUT2D eigenvalue weighted by Gasteiger charge is -2.13. The van der Waals surface area contributed by atoms with Gasteiger partial charge in [0.15, 0.2) is 0 Å². The average molecular weight is 192 g/mol. The first-order valence-electron chi connectivity index (χ1n) is 3.64. The van der Waals surface area contributed by atoms with E-state index in [9.17, 15) is 0 Å². The second-order valence-electron chi connectivity index (χ2n) is 2.50. The largest absolute Gasteiger partial charge is 0.316 e. The monoisotopic (exact) mass is 191 g/mol. The molecule has 0 fully saturated rings. The standard InChI is InChI=1S/C8H11Cl2N/c1-11-5-6-7(9)3-2-4-8(6)10/h3,11H,2,4-5H2,1H3. The van der Waals surface area contributed by atoms with Crippen molar-refractivity contribution in [2.75, 3.05) is 13.6 Å². The molecule has 1 N–H and O–H groups in total. The minimum Gasteiger partial charge on any atom is -0.316 e. The lowest BCUT2D eigenvalue weighted by Crippen LogP contribution is -2.13. The molecule has 62 valence electrons. The third-order valence-corrected chi connectivity index (χ3v) is 2.46. The molecule has 0 unspecified atom stereocenters. The zero-order valence-electron chi connectivity index (χ0n) is 6.45. The molecule has 0 aromatic rings. The van der Waals surface area contributed by atoms with Crippen molar-refractivity contribution in [3.63, 3.8) is 0 Å². The summed E-state index contributed by atoms with van der Waals surface area (Å²) in [5.41, 5.74) is 1.04. The Hall–Kier alpha value is 0.0200. The molecule has 1 nitrogen and oxygen atoms in total. The first-order valence-corrected chi connectivity index (χ1v) is 4.39. The number of rotatable bonds is 2. The van der Waals surface area contributed by atoms with Crippen LogP contribution in [0, 0.1) is 0 Å². The molecule has 0 aromatic carbocycles. The van der Waals surface area contributed by atoms with Gasteiger partial charge in [0.25, 0.3) is 0 Å². The van der Waals surface area contributed by atoms with Gasteiger partial charge in [-0.05, 0) is 25.5 Å². The van der Waals surface area contributed by atoms with Crippen LogP contribution in [0.15, 0.2) is 21.7 Å². The van der Waals surface area contributed by atoms with Gasteiger partial charge >= 0.3 is 0 Å². The van der Waals surface area contributed by atoms with Gasteiger partial charge in [0.2, 0.25) is 0 Å². The van der Waals surface area contributed by atoms with Gasteiger partial charge in [0.05, 0.1) is 0 Å². The molecule has 0 aromatic heterocycles. The highest BCUT2D eigenvalue weighted by Gasteiger charge is 2.11. The predicted octanol–water partition coefficient (Wildman–Crippen LogP) is 2.62. The van der Waals surface area contributed by atoms with E-state index in [-0.39, 0.29) is 0 Å². The molecular formula is C8H11Cl2N. The lowest BCUT2D eigenvalue weighted by atomic mass is 10.1. The molecular weight excluding hydrogens is 181 g/mol. The number of likely N-dealkylation sites (N-methyl/N-ethyl adjacent to an activating group) is 1. The van der Waals surface area contributed by atoms with Crippen LogP contribution in [0.1, 0.15) is 12.8 Å². The van der Waals surface area contributed by atoms with Crippen molar-refractivity contribution in [2.45, 2.75) is 12.8 Å². The predicted molar refractivity (Wildman–Crippen MR) is 50.0 cm³/mol. The maximum Gasteiger partial charge on any atom is 0.0422 e. The van der Waals surface area contributed by atoms with Crippen molar-refractivity contribution in [1.29, 1.82) is 0 Å². The number of hydrogen-bond donors (Lipinski definition) is 1. The Morgan fingerprint density at radius 1 is 1.55 bits per heavy atom. The Bertz CT molecular complexity index is 206. The van der Waals surface area contributed by atoms with Crippen LogP contribution in [0.2, 0.25) is 0 Å². The van der Waals surface area contributed by atoms with Crippen LogP contribution in [-0.4, -0.2) is 13.6 Å². The summed E-state index contributed by atoms with van der Waals surface area (Å²) in [5, 5.41) is 4.73. The zero-order valence-corrected chi connectivity index (χ0v) is 7.97. The highest BCUT2D eigenvalue weighted by atomic mass is 35.5. The average Bonchev–Trinajstić information content (AvgIpc) is 1.97. The summed E-state index contributed by atoms with van der Waals surface area (Å²) in [7, 11) is 1.88. The van der Waals surface area contributed by atoms with Crippen molar-refractivity contribution in [1.82, 2.24) is 5.32 Å². The fourth-order valence-electron chi connectivity index (χ4n) is 1.09. The molecule has 1 aliphatic carbocycles. The quantitative estimate of drug-likeness (QED) is 0.709. The van der Waals surface area contributed by atoms with Gasteiger partial charge in [-0.25, -0.2) is 0 Å². The molecule has 3 heteroatoms. The van der Waals surface area contributed by atoms with Crippen LogP contribution >= 0.6 is 23.2 Å². The highest BCUT2D eigenvalue weighted by molar-refractivity contribution is 6.36. The second kappa shape index (κ2) is 4.15. The third-order valence-electron chi connectivity index (χ3n) is 1.66. The van der Waals surface area contributed by atoms with E-state index >= 15 is 0 Å². The summed E-state index contributed by atoms with van der Waals surface area (Å²) in [6.07, 6.45) is 3.90. The van der Waals surface area contributed by atoms with Crippen LogP contribution < -0.4 is 5.32 Å². The Labute approximate surface area is 77.1 Å². The van der Waals surface area contributed by atoms with Gasteiger partial charge < -0.3 is 5.32 Å². The van der Waals surface area contributed by atoms with Gasteiger partial charge in [-0.2, -0.15) is 0 Å². The lowest BCUT2D eigenvalue weighted by molar-refractivity contribution is 0.864. The van der Waals surface area contributed by atoms with E-state index in [1.807, 2.05) is 13.1 Å². The smallest absolute Gasteiger partial charge is 0.0422 e. The molecule has 0 amide bonds. The third kappa shape index (κ3) is 2.22. The van der Waals surface area contributed by atoms with Crippen LogP contribution in [0.5, 0.6) is 0 Å². The molecule has 0 heterocycles. The van der Waals surface area contributed by atoms with E-state index in [0.717, 1.165) is 35.0 Å². The van der Waals surface area contributed by atoms with Crippen LogP contribution in [0.3, 0.4) is 0 Å². The van der Waals surface area contributed by atoms with Crippen LogP contribution in [0.4, 0.5) is 0 Å². The summed E-state index contributed by atoms with van der Waals surface area (Å²) >= 11 is 11.9. The fourth-order valence-corrected chi connectivity index (χ4v) is 1.70. The summed E-state index contributed by atoms with van der Waals surface area (Å²) in [5.74, 6) is 0. The van der Waals surface area contributed by atoms with Gasteiger partial charge in [0.1, 0.15) is 0 Å². The van der Waals surface area contributed by atoms with Crippen molar-refractivity contribution in [3.8, 4) is 0 Å². The normalized spacial score (nSPS) is 18.6. The van der Waals surface area contributed by atoms with Crippen molar-refractivity contribution < 1.29 is 0 Å². The van der Waals surface area contributed by atoms with E-state index in [4.69, 9.17) is 23.2 Å². The first-order chi connectivity index (χ1) is 5.25. The van der Waals surface area contributed by atoms with Gasteiger partial charge in [-0.3, -0.25) is 0 Å². The molecule has 1 aliphatic rings. The number of nitrogens with one attached hydrogen (secondary N) is 1. The fraction of sp³-hybridized carbons (Fsp3) is 0.500. The minimum absolute atomic E-state index is 0.758. The molecule has 11 heavy (non-hydrogen) atoms. The van der Waals surface area contributed by atoms with Crippen molar-refractivity contribution >= 4 is 23.2 Å². The van der Waals surface area contributed by atoms with E-state index in [1.54, 1.807) is 0 Å². The summed E-state index contributed by atoms with van der Waals surface area (Å²) in [6.45, 7) is 0.758. The first kappa shape index (κ1) is 9.11. The van der Waals surface area contributed by atoms with E-state index < -0.39 is 0 Å². The maximum atomic E-state index is 5.97. The summed E-state index contributed by atoms with van der Waals surface area (Å²) in [6, 6.07) is 0. The molecule has 0 spiro atoms. The molecule has 0 saturated carbocycles. The van der Waals surface area contributed by atoms with Crippen molar-refractivity contribution in [3.05, 3.63) is 21.7 Å². The van der Waals surface area contributed by atoms with Crippen LogP contribution in [-0.2, 0) is 0 Å². The maximum absolute atomic E-state index is 5.97. The second-order valence-corrected chi connectivity index (χ2v) is 3.37. The molecule has 0 radical (unpaired) electrons. The van der Waals surface area contributed by atoms with Gasteiger partial charge in [-0.1, -0.05) is 29.3 Å². The SMILES string of the molecule is CNCC1=C(Cl)CCC=C1Cl. The van der Waals surface area contributed by atoms with Gasteiger partial charge in [0, 0.05) is 16.6 Å². The summed E-state index contributed by atoms with van der Waals surface area (Å²) < 4.78 is 0. The Morgan fingerprint density at radius 3 is 2.82 bits per heavy atom. The Morgan fingerprint density at radius 2 is 2.27 bits per heavy atom. The number of allylic oxidation sites excluding steroid dienone is 2. The number of hydrogen-bond acceptors (Lipinski definition) is 1. The molecule has 0 aliphatic heterocycles. The van der Waals surface area contributed by atoms with E-state index in [2.05, 4.69) is 5.32 Å². The van der Waals surface area contributed by atoms with Gasteiger partial charge in [-0.15, -0.1) is 0 Å². The Balaban J connectivity index is 2.76.